The molecule has 13 heteroatoms. The first-order valence-corrected chi connectivity index (χ1v) is 18.6. The number of nitrogens with zero attached hydrogens (tertiary/aromatic N) is 3. The molecular weight excluding hydrogens is 685 g/mol. The van der Waals surface area contributed by atoms with Crippen LogP contribution < -0.4 is 9.47 Å². The fraction of sp³-hybridized carbons (Fsp3) is 0.538. The number of nitrogens with one attached hydrogen (secondary N) is 1. The van der Waals surface area contributed by atoms with Gasteiger partial charge >= 0.3 is 5.97 Å². The predicted octanol–water partition coefficient (Wildman–Crippen LogP) is 7.18. The van der Waals surface area contributed by atoms with Gasteiger partial charge in [-0.25, -0.2) is 4.98 Å². The third kappa shape index (κ3) is 10.9. The van der Waals surface area contributed by atoms with Crippen molar-refractivity contribution < 1.29 is 38.0 Å². The van der Waals surface area contributed by atoms with Gasteiger partial charge in [0.05, 0.1) is 62.1 Å². The van der Waals surface area contributed by atoms with Crippen LogP contribution in [0.5, 0.6) is 11.5 Å². The number of ether oxygens (including phenoxy) is 7. The van der Waals surface area contributed by atoms with Gasteiger partial charge in [-0.15, -0.1) is 0 Å². The number of aromatic nitrogens is 4. The van der Waals surface area contributed by atoms with Crippen LogP contribution in [0.2, 0.25) is 0 Å². The van der Waals surface area contributed by atoms with Crippen molar-refractivity contribution in [3.8, 4) is 11.5 Å². The largest absolute Gasteiger partial charge is 0.492 e. The van der Waals surface area contributed by atoms with Gasteiger partial charge in [-0.1, -0.05) is 23.9 Å². The lowest BCUT2D eigenvalue weighted by atomic mass is 10.1. The highest BCUT2D eigenvalue weighted by Crippen LogP contribution is 2.31. The number of hydrogen-bond donors (Lipinski definition) is 1. The fourth-order valence-corrected chi connectivity index (χ4v) is 6.51. The SMILES string of the molecule is CC(=O)OCc1ncc(C)c(OCC2COC(C)(C)OC2)c1C.Cc1cnc(CSc2nc3ccccc3[nH]2)c(C)c1OCC1COC(C)(C)OC1. The Kier molecular flexibility index (Phi) is 13.2. The standard InChI is InChI=1S/C22H27N3O3S.C17H25NO5/c1-14-9-23-19(13-29-21-24-17-7-5-6-8-18(17)25-21)15(2)20(14)26-10-16-11-27-22(3,4)28-12-16;1-11-6-18-15(10-20-13(3)19)12(2)16(11)21-7-14-8-22-17(4,5)23-9-14/h5-9,16H,10-13H2,1-4H3,(H,24,25);6,14H,7-10H2,1-5H3. The zero-order valence-electron chi connectivity index (χ0n) is 31.8. The summed E-state index contributed by atoms with van der Waals surface area (Å²) < 4.78 is 39.9. The summed E-state index contributed by atoms with van der Waals surface area (Å²) in [7, 11) is 0. The van der Waals surface area contributed by atoms with E-state index in [2.05, 4.69) is 26.9 Å². The highest BCUT2D eigenvalue weighted by Gasteiger charge is 2.30. The molecule has 1 aromatic carbocycles. The van der Waals surface area contributed by atoms with Gasteiger partial charge in [0, 0.05) is 59.2 Å². The van der Waals surface area contributed by atoms with Crippen LogP contribution in [0.4, 0.5) is 0 Å². The topological polar surface area (TPSA) is 136 Å². The number of para-hydroxylation sites is 2. The van der Waals surface area contributed by atoms with Crippen LogP contribution in [-0.2, 0) is 40.8 Å². The van der Waals surface area contributed by atoms with E-state index in [0.29, 0.717) is 45.3 Å². The van der Waals surface area contributed by atoms with Gasteiger partial charge in [0.1, 0.15) is 18.1 Å². The first kappa shape index (κ1) is 39.5. The number of imidazole rings is 1. The molecule has 1 N–H and O–H groups in total. The van der Waals surface area contributed by atoms with Crippen molar-refractivity contribution in [2.45, 2.75) is 91.4 Å². The first-order valence-electron chi connectivity index (χ1n) is 17.6. The van der Waals surface area contributed by atoms with Crippen LogP contribution in [-0.4, -0.2) is 77.1 Å². The summed E-state index contributed by atoms with van der Waals surface area (Å²) in [5, 5.41) is 0.898. The number of benzene rings is 1. The Morgan fingerprint density at radius 2 is 1.31 bits per heavy atom. The van der Waals surface area contributed by atoms with E-state index in [-0.39, 0.29) is 24.4 Å². The molecule has 2 aliphatic heterocycles. The molecule has 0 radical (unpaired) electrons. The number of aromatic amines is 1. The first-order chi connectivity index (χ1) is 24.7. The van der Waals surface area contributed by atoms with E-state index in [9.17, 15) is 4.79 Å². The molecule has 12 nitrogen and oxygen atoms in total. The summed E-state index contributed by atoms with van der Waals surface area (Å²) in [5.74, 6) is 1.49. The molecule has 2 aliphatic rings. The van der Waals surface area contributed by atoms with Crippen molar-refractivity contribution in [3.63, 3.8) is 0 Å². The normalized spacial score (nSPS) is 17.3. The quantitative estimate of drug-likeness (QED) is 0.123. The number of pyridine rings is 2. The highest BCUT2D eigenvalue weighted by molar-refractivity contribution is 7.98. The molecule has 0 aliphatic carbocycles. The molecule has 0 bridgehead atoms. The number of H-pyrrole nitrogens is 1. The number of hydrogen-bond acceptors (Lipinski definition) is 12. The Labute approximate surface area is 310 Å². The fourth-order valence-electron chi connectivity index (χ4n) is 5.60. The zero-order valence-corrected chi connectivity index (χ0v) is 32.6. The molecule has 52 heavy (non-hydrogen) atoms. The van der Waals surface area contributed by atoms with Crippen LogP contribution in [0, 0.1) is 39.5 Å². The number of thioether (sulfide) groups is 1. The van der Waals surface area contributed by atoms with Gasteiger partial charge in [0.15, 0.2) is 16.7 Å². The average molecular weight is 737 g/mol. The molecule has 2 fully saturated rings. The Hall–Kier alpha value is -3.75. The summed E-state index contributed by atoms with van der Waals surface area (Å²) in [4.78, 5) is 27.9. The molecule has 0 saturated carbocycles. The van der Waals surface area contributed by atoms with E-state index in [1.807, 2.05) is 78.9 Å². The third-order valence-electron chi connectivity index (χ3n) is 8.81. The van der Waals surface area contributed by atoms with Crippen molar-refractivity contribution in [3.05, 3.63) is 70.3 Å². The number of fused-ring (bicyclic) bond motifs is 1. The highest BCUT2D eigenvalue weighted by atomic mass is 32.2. The van der Waals surface area contributed by atoms with Crippen LogP contribution >= 0.6 is 11.8 Å². The van der Waals surface area contributed by atoms with Crippen LogP contribution in [0.1, 0.15) is 68.3 Å². The number of carbonyl (C=O) groups is 1. The van der Waals surface area contributed by atoms with Crippen molar-refractivity contribution in [1.29, 1.82) is 0 Å². The van der Waals surface area contributed by atoms with Gasteiger partial charge in [-0.05, 0) is 67.5 Å². The van der Waals surface area contributed by atoms with Gasteiger partial charge in [0.25, 0.3) is 0 Å². The molecule has 0 unspecified atom stereocenters. The van der Waals surface area contributed by atoms with Gasteiger partial charge in [-0.3, -0.25) is 14.8 Å². The Bertz CT molecular complexity index is 1770. The minimum Gasteiger partial charge on any atom is -0.492 e. The number of esters is 1. The second-order valence-electron chi connectivity index (χ2n) is 14.2. The molecule has 6 rings (SSSR count). The van der Waals surface area contributed by atoms with E-state index < -0.39 is 11.6 Å². The minimum absolute atomic E-state index is 0.154. The monoisotopic (exact) mass is 736 g/mol. The lowest BCUT2D eigenvalue weighted by molar-refractivity contribution is -0.264. The summed E-state index contributed by atoms with van der Waals surface area (Å²) in [6.45, 7) is 20.8. The molecule has 0 amide bonds. The number of carbonyl (C=O) groups excluding carboxylic acids is 1. The molecule has 2 saturated heterocycles. The Morgan fingerprint density at radius 1 is 0.808 bits per heavy atom. The lowest BCUT2D eigenvalue weighted by Crippen LogP contribution is -2.41. The zero-order chi connectivity index (χ0) is 37.5. The Morgan fingerprint density at radius 3 is 1.83 bits per heavy atom. The number of rotatable bonds is 11. The van der Waals surface area contributed by atoms with E-state index in [1.165, 1.54) is 6.92 Å². The molecule has 282 valence electrons. The Balaban J connectivity index is 0.000000207. The molecule has 5 heterocycles. The second-order valence-corrected chi connectivity index (χ2v) is 15.2. The van der Waals surface area contributed by atoms with Gasteiger partial charge < -0.3 is 38.1 Å². The molecular formula is C39H52N4O8S. The van der Waals surface area contributed by atoms with E-state index in [1.54, 1.807) is 18.0 Å². The van der Waals surface area contributed by atoms with E-state index in [0.717, 1.165) is 61.4 Å². The molecule has 0 atom stereocenters. The van der Waals surface area contributed by atoms with Crippen LogP contribution in [0.3, 0.4) is 0 Å². The summed E-state index contributed by atoms with van der Waals surface area (Å²) in [6, 6.07) is 8.05. The third-order valence-corrected chi connectivity index (χ3v) is 9.69. The van der Waals surface area contributed by atoms with E-state index >= 15 is 0 Å². The lowest BCUT2D eigenvalue weighted by Gasteiger charge is -2.34. The maximum absolute atomic E-state index is 11.0. The van der Waals surface area contributed by atoms with Crippen molar-refractivity contribution in [1.82, 2.24) is 19.9 Å². The van der Waals surface area contributed by atoms with Gasteiger partial charge in [0.2, 0.25) is 0 Å². The molecule has 0 spiro atoms. The second kappa shape index (κ2) is 17.4. The smallest absolute Gasteiger partial charge is 0.303 e. The van der Waals surface area contributed by atoms with Crippen molar-refractivity contribution >= 4 is 28.8 Å². The summed E-state index contributed by atoms with van der Waals surface area (Å²) in [6.07, 6.45) is 3.62. The van der Waals surface area contributed by atoms with Crippen molar-refractivity contribution in [2.75, 3.05) is 39.6 Å². The van der Waals surface area contributed by atoms with Crippen molar-refractivity contribution in [2.24, 2.45) is 11.8 Å². The maximum Gasteiger partial charge on any atom is 0.303 e. The predicted molar refractivity (Wildman–Crippen MR) is 198 cm³/mol. The summed E-state index contributed by atoms with van der Waals surface area (Å²) >= 11 is 1.65. The number of aryl methyl sites for hydroxylation is 2. The molecule has 4 aromatic rings. The maximum atomic E-state index is 11.0. The van der Waals surface area contributed by atoms with Crippen LogP contribution in [0.15, 0.2) is 41.8 Å². The minimum atomic E-state index is -0.518. The summed E-state index contributed by atoms with van der Waals surface area (Å²) in [5.41, 5.74) is 7.70. The average Bonchev–Trinajstić information content (AvgIpc) is 3.52. The van der Waals surface area contributed by atoms with E-state index in [4.69, 9.17) is 33.2 Å². The van der Waals surface area contributed by atoms with Gasteiger partial charge in [-0.2, -0.15) is 0 Å². The molecule has 3 aromatic heterocycles. The van der Waals surface area contributed by atoms with Crippen LogP contribution in [0.25, 0.3) is 11.0 Å².